The van der Waals surface area contributed by atoms with Crippen molar-refractivity contribution in [2.24, 2.45) is 5.92 Å². The molecule has 0 aliphatic heterocycles. The van der Waals surface area contributed by atoms with Crippen molar-refractivity contribution in [2.45, 2.75) is 20.8 Å². The average molecular weight is 128 g/mol. The Balaban J connectivity index is 0.000000148. The highest BCUT2D eigenvalue weighted by atomic mass is 16.5. The molecule has 0 aromatic carbocycles. The molecule has 52 valence electrons. The van der Waals surface area contributed by atoms with Crippen molar-refractivity contribution < 1.29 is 4.52 Å². The van der Waals surface area contributed by atoms with Crippen LogP contribution in [0.25, 0.3) is 0 Å². The Morgan fingerprint density at radius 2 is 1.89 bits per heavy atom. The third-order valence-corrected chi connectivity index (χ3v) is 0.283. The first-order chi connectivity index (χ1) is 4.23. The Kier molecular flexibility index (Phi) is 4.78. The number of nitrogens with zero attached hydrogens (tertiary/aromatic N) is 2. The van der Waals surface area contributed by atoms with Crippen molar-refractivity contribution in [3.8, 4) is 0 Å². The molecule has 0 amide bonds. The van der Waals surface area contributed by atoms with Gasteiger partial charge in [0.05, 0.1) is 0 Å². The molecule has 0 aliphatic rings. The molecule has 1 aromatic heterocycles. The molecule has 0 saturated heterocycles. The third-order valence-electron chi connectivity index (χ3n) is 0.283. The smallest absolute Gasteiger partial charge is 0.213 e. The van der Waals surface area contributed by atoms with Crippen LogP contribution in [0.4, 0.5) is 0 Å². The van der Waals surface area contributed by atoms with Crippen LogP contribution in [0.1, 0.15) is 20.8 Å². The van der Waals surface area contributed by atoms with Gasteiger partial charge in [-0.2, -0.15) is 0 Å². The van der Waals surface area contributed by atoms with Crippen molar-refractivity contribution in [3.63, 3.8) is 0 Å². The standard InChI is InChI=1S/C4H10.C2H2N2O/c1-4(2)3;1-3-2-5-4-1/h4H,1-3H3;1-2H. The van der Waals surface area contributed by atoms with E-state index in [4.69, 9.17) is 0 Å². The molecular weight excluding hydrogens is 116 g/mol. The van der Waals surface area contributed by atoms with Crippen molar-refractivity contribution in [3.05, 3.63) is 12.7 Å². The molecule has 0 unspecified atom stereocenters. The van der Waals surface area contributed by atoms with E-state index in [1.54, 1.807) is 0 Å². The Morgan fingerprint density at radius 3 is 2.00 bits per heavy atom. The normalized spacial score (nSPS) is 8.44. The van der Waals surface area contributed by atoms with Gasteiger partial charge in [0, 0.05) is 0 Å². The van der Waals surface area contributed by atoms with Gasteiger partial charge in [-0.15, -0.1) is 0 Å². The van der Waals surface area contributed by atoms with E-state index >= 15 is 0 Å². The minimum Gasteiger partial charge on any atom is -0.343 e. The van der Waals surface area contributed by atoms with Gasteiger partial charge in [0.15, 0.2) is 6.33 Å². The summed E-state index contributed by atoms with van der Waals surface area (Å²) in [5.41, 5.74) is 0. The molecule has 0 atom stereocenters. The highest BCUT2D eigenvalue weighted by Crippen LogP contribution is 1.81. The monoisotopic (exact) mass is 128 g/mol. The van der Waals surface area contributed by atoms with E-state index in [0.29, 0.717) is 0 Å². The molecule has 0 radical (unpaired) electrons. The molecule has 0 fully saturated rings. The van der Waals surface area contributed by atoms with Gasteiger partial charge in [-0.25, -0.2) is 4.98 Å². The lowest BCUT2D eigenvalue weighted by molar-refractivity contribution is 0.416. The second kappa shape index (κ2) is 5.28. The van der Waals surface area contributed by atoms with E-state index in [-0.39, 0.29) is 0 Å². The number of hydrogen-bond donors (Lipinski definition) is 0. The highest BCUT2D eigenvalue weighted by molar-refractivity contribution is 4.35. The first-order valence-electron chi connectivity index (χ1n) is 2.92. The maximum Gasteiger partial charge on any atom is 0.213 e. The van der Waals surface area contributed by atoms with Gasteiger partial charge in [-0.05, 0) is 5.92 Å². The summed E-state index contributed by atoms with van der Waals surface area (Å²) in [7, 11) is 0. The van der Waals surface area contributed by atoms with Gasteiger partial charge >= 0.3 is 0 Å². The number of hydrogen-bond acceptors (Lipinski definition) is 3. The lowest BCUT2D eigenvalue weighted by Gasteiger charge is -1.79. The Bertz CT molecular complexity index is 94.6. The van der Waals surface area contributed by atoms with Gasteiger partial charge in [0.1, 0.15) is 0 Å². The molecule has 3 nitrogen and oxygen atoms in total. The van der Waals surface area contributed by atoms with Gasteiger partial charge < -0.3 is 4.52 Å². The summed E-state index contributed by atoms with van der Waals surface area (Å²) in [5.74, 6) is 0.833. The average Bonchev–Trinajstić information content (AvgIpc) is 2.11. The fraction of sp³-hybridized carbons (Fsp3) is 0.667. The van der Waals surface area contributed by atoms with Crippen molar-refractivity contribution in [1.82, 2.24) is 10.1 Å². The Labute approximate surface area is 55.1 Å². The Morgan fingerprint density at radius 1 is 1.33 bits per heavy atom. The molecule has 0 aliphatic carbocycles. The molecule has 3 heteroatoms. The minimum atomic E-state index is 0.833. The van der Waals surface area contributed by atoms with Crippen LogP contribution in [0, 0.1) is 5.92 Å². The van der Waals surface area contributed by atoms with Crippen molar-refractivity contribution >= 4 is 0 Å². The van der Waals surface area contributed by atoms with E-state index < -0.39 is 0 Å². The SMILES string of the molecule is CC(C)C.c1ncon1. The second-order valence-electron chi connectivity index (χ2n) is 2.31. The van der Waals surface area contributed by atoms with Crippen LogP contribution in [0.15, 0.2) is 17.2 Å². The molecule has 9 heavy (non-hydrogen) atoms. The molecule has 1 aromatic rings. The molecule has 0 spiro atoms. The molecule has 0 saturated carbocycles. The van der Waals surface area contributed by atoms with Gasteiger partial charge in [-0.1, -0.05) is 25.9 Å². The number of aromatic nitrogens is 2. The zero-order chi connectivity index (χ0) is 7.11. The lowest BCUT2D eigenvalue weighted by Crippen LogP contribution is -1.66. The van der Waals surface area contributed by atoms with Crippen LogP contribution < -0.4 is 0 Å². The van der Waals surface area contributed by atoms with Crippen LogP contribution in [0.2, 0.25) is 0 Å². The third kappa shape index (κ3) is 11.0. The largest absolute Gasteiger partial charge is 0.343 e. The molecular formula is C6H12N2O. The topological polar surface area (TPSA) is 38.9 Å². The summed E-state index contributed by atoms with van der Waals surface area (Å²) >= 11 is 0. The fourth-order valence-electron chi connectivity index (χ4n) is 0.136. The zero-order valence-electron chi connectivity index (χ0n) is 6.03. The van der Waals surface area contributed by atoms with Crippen molar-refractivity contribution in [2.75, 3.05) is 0 Å². The van der Waals surface area contributed by atoms with Gasteiger partial charge in [0.25, 0.3) is 0 Å². The molecule has 0 N–H and O–H groups in total. The maximum absolute atomic E-state index is 4.22. The van der Waals surface area contributed by atoms with E-state index in [1.165, 1.54) is 12.7 Å². The number of rotatable bonds is 0. The van der Waals surface area contributed by atoms with Crippen molar-refractivity contribution in [1.29, 1.82) is 0 Å². The van der Waals surface area contributed by atoms with Gasteiger partial charge in [-0.3, -0.25) is 0 Å². The van der Waals surface area contributed by atoms with E-state index in [2.05, 4.69) is 35.4 Å². The highest BCUT2D eigenvalue weighted by Gasteiger charge is 1.68. The van der Waals surface area contributed by atoms with Crippen LogP contribution in [0.3, 0.4) is 0 Å². The van der Waals surface area contributed by atoms with E-state index in [0.717, 1.165) is 5.92 Å². The zero-order valence-corrected chi connectivity index (χ0v) is 6.03. The Hall–Kier alpha value is -0.860. The summed E-state index contributed by atoms with van der Waals surface area (Å²) in [6, 6.07) is 0. The van der Waals surface area contributed by atoms with E-state index in [1.807, 2.05) is 0 Å². The summed E-state index contributed by atoms with van der Waals surface area (Å²) in [5, 5.41) is 3.24. The maximum atomic E-state index is 4.22. The molecule has 1 heterocycles. The van der Waals surface area contributed by atoms with E-state index in [9.17, 15) is 0 Å². The summed E-state index contributed by atoms with van der Waals surface area (Å²) < 4.78 is 4.22. The summed E-state index contributed by atoms with van der Waals surface area (Å²) in [6.45, 7) is 6.50. The summed E-state index contributed by atoms with van der Waals surface area (Å²) in [6.07, 6.45) is 2.60. The van der Waals surface area contributed by atoms with Crippen LogP contribution in [-0.4, -0.2) is 10.1 Å². The first kappa shape index (κ1) is 8.14. The van der Waals surface area contributed by atoms with Crippen LogP contribution in [-0.2, 0) is 0 Å². The quantitative estimate of drug-likeness (QED) is 0.534. The predicted molar refractivity (Wildman–Crippen MR) is 34.8 cm³/mol. The van der Waals surface area contributed by atoms with Crippen LogP contribution >= 0.6 is 0 Å². The lowest BCUT2D eigenvalue weighted by atomic mass is 10.3. The predicted octanol–water partition coefficient (Wildman–Crippen LogP) is 1.73. The molecule has 1 rings (SSSR count). The second-order valence-corrected chi connectivity index (χ2v) is 2.31. The van der Waals surface area contributed by atoms with Crippen LogP contribution in [0.5, 0.6) is 0 Å². The van der Waals surface area contributed by atoms with Gasteiger partial charge in [0.2, 0.25) is 6.39 Å². The minimum absolute atomic E-state index is 0.833. The fourth-order valence-corrected chi connectivity index (χ4v) is 0.136. The molecule has 0 bridgehead atoms. The first-order valence-corrected chi connectivity index (χ1v) is 2.92. The summed E-state index contributed by atoms with van der Waals surface area (Å²) in [4.78, 5) is 3.44.